The first-order chi connectivity index (χ1) is 9.42. The Morgan fingerprint density at radius 3 is 2.26 bits per heavy atom. The minimum atomic E-state index is 0.394. The first kappa shape index (κ1) is 11.5. The van der Waals surface area contributed by atoms with Gasteiger partial charge in [-0.1, -0.05) is 47.6 Å². The van der Waals surface area contributed by atoms with Crippen LogP contribution in [0.5, 0.6) is 5.75 Å². The first-order valence-electron chi connectivity index (χ1n) is 6.10. The van der Waals surface area contributed by atoms with Crippen LogP contribution in [0.2, 0.25) is 0 Å². The van der Waals surface area contributed by atoms with Crippen molar-refractivity contribution in [1.29, 1.82) is 0 Å². The van der Waals surface area contributed by atoms with E-state index >= 15 is 0 Å². The van der Waals surface area contributed by atoms with E-state index in [0.717, 1.165) is 5.75 Å². The highest BCUT2D eigenvalue weighted by molar-refractivity contribution is 5.63. The summed E-state index contributed by atoms with van der Waals surface area (Å²) in [4.78, 5) is 0. The molecule has 3 nitrogen and oxygen atoms in total. The summed E-state index contributed by atoms with van der Waals surface area (Å²) >= 11 is 0. The summed E-state index contributed by atoms with van der Waals surface area (Å²) in [6, 6.07) is 20.0. The number of benzene rings is 2. The van der Waals surface area contributed by atoms with Crippen molar-refractivity contribution in [2.45, 2.75) is 6.61 Å². The van der Waals surface area contributed by atoms with Crippen molar-refractivity contribution in [1.82, 2.24) is 5.16 Å². The lowest BCUT2D eigenvalue weighted by Gasteiger charge is -2.05. The Morgan fingerprint density at radius 1 is 0.842 bits per heavy atom. The number of hydrogen-bond donors (Lipinski definition) is 0. The summed E-state index contributed by atoms with van der Waals surface area (Å²) < 4.78 is 10.6. The molecule has 0 aliphatic rings. The summed E-state index contributed by atoms with van der Waals surface area (Å²) in [5, 5.41) is 3.63. The van der Waals surface area contributed by atoms with Gasteiger partial charge in [0.2, 0.25) is 0 Å². The fourth-order valence-corrected chi connectivity index (χ4v) is 1.85. The zero-order valence-corrected chi connectivity index (χ0v) is 10.3. The molecule has 1 aromatic heterocycles. The molecule has 0 unspecified atom stereocenters. The smallest absolute Gasteiger partial charge is 0.174 e. The third-order valence-electron chi connectivity index (χ3n) is 2.83. The van der Waals surface area contributed by atoms with E-state index in [1.54, 1.807) is 12.3 Å². The average Bonchev–Trinajstić information content (AvgIpc) is 3.00. The molecule has 1 heterocycles. The summed E-state index contributed by atoms with van der Waals surface area (Å²) in [5.74, 6) is 1.53. The largest absolute Gasteiger partial charge is 0.486 e. The number of hydrogen-bond acceptors (Lipinski definition) is 3. The molecule has 0 saturated carbocycles. The maximum absolute atomic E-state index is 5.61. The second kappa shape index (κ2) is 5.40. The standard InChI is InChI=1S/C16H13NO2/c1-2-4-13(5-3-1)14-6-8-15(9-7-14)18-12-16-10-11-17-19-16/h1-11H,12H2. The second-order valence-corrected chi connectivity index (χ2v) is 4.16. The Kier molecular flexibility index (Phi) is 3.28. The minimum absolute atomic E-state index is 0.394. The van der Waals surface area contributed by atoms with Gasteiger partial charge in [0.25, 0.3) is 0 Å². The third-order valence-corrected chi connectivity index (χ3v) is 2.83. The van der Waals surface area contributed by atoms with Crippen LogP contribution in [0.15, 0.2) is 71.4 Å². The van der Waals surface area contributed by atoms with Gasteiger partial charge in [0.15, 0.2) is 5.76 Å². The summed E-state index contributed by atoms with van der Waals surface area (Å²) in [5.41, 5.74) is 2.37. The van der Waals surface area contributed by atoms with Crippen LogP contribution in [0.1, 0.15) is 5.76 Å². The summed E-state index contributed by atoms with van der Waals surface area (Å²) in [7, 11) is 0. The number of ether oxygens (including phenoxy) is 1. The van der Waals surface area contributed by atoms with Crippen molar-refractivity contribution in [3.63, 3.8) is 0 Å². The summed E-state index contributed by atoms with van der Waals surface area (Å²) in [6.45, 7) is 0.394. The summed E-state index contributed by atoms with van der Waals surface area (Å²) in [6.07, 6.45) is 1.61. The molecule has 0 spiro atoms. The van der Waals surface area contributed by atoms with E-state index in [2.05, 4.69) is 17.3 Å². The molecule has 0 aliphatic carbocycles. The fourth-order valence-electron chi connectivity index (χ4n) is 1.85. The van der Waals surface area contributed by atoms with E-state index in [0.29, 0.717) is 12.4 Å². The molecule has 0 amide bonds. The molecule has 94 valence electrons. The van der Waals surface area contributed by atoms with E-state index in [-0.39, 0.29) is 0 Å². The van der Waals surface area contributed by atoms with Crippen LogP contribution < -0.4 is 4.74 Å². The number of aromatic nitrogens is 1. The highest BCUT2D eigenvalue weighted by Crippen LogP contribution is 2.22. The van der Waals surface area contributed by atoms with Gasteiger partial charge in [0, 0.05) is 6.07 Å². The van der Waals surface area contributed by atoms with Crippen LogP contribution in [0.3, 0.4) is 0 Å². The molecular weight excluding hydrogens is 238 g/mol. The van der Waals surface area contributed by atoms with Crippen molar-refractivity contribution in [2.24, 2.45) is 0 Å². The quantitative estimate of drug-likeness (QED) is 0.705. The van der Waals surface area contributed by atoms with Crippen LogP contribution in [0.4, 0.5) is 0 Å². The molecule has 0 saturated heterocycles. The van der Waals surface area contributed by atoms with Crippen molar-refractivity contribution >= 4 is 0 Å². The van der Waals surface area contributed by atoms with Gasteiger partial charge in [-0.25, -0.2) is 0 Å². The lowest BCUT2D eigenvalue weighted by Crippen LogP contribution is -1.93. The van der Waals surface area contributed by atoms with Crippen molar-refractivity contribution < 1.29 is 9.26 Å². The van der Waals surface area contributed by atoms with E-state index in [1.165, 1.54) is 11.1 Å². The minimum Gasteiger partial charge on any atom is -0.486 e. The van der Waals surface area contributed by atoms with Crippen molar-refractivity contribution in [3.05, 3.63) is 72.6 Å². The average molecular weight is 251 g/mol. The monoisotopic (exact) mass is 251 g/mol. The Morgan fingerprint density at radius 2 is 1.58 bits per heavy atom. The molecule has 0 aliphatic heterocycles. The fraction of sp³-hybridized carbons (Fsp3) is 0.0625. The van der Waals surface area contributed by atoms with Gasteiger partial charge in [-0.3, -0.25) is 0 Å². The molecule has 3 aromatic rings. The molecule has 19 heavy (non-hydrogen) atoms. The third kappa shape index (κ3) is 2.83. The van der Waals surface area contributed by atoms with Crippen molar-refractivity contribution in [2.75, 3.05) is 0 Å². The van der Waals surface area contributed by atoms with Gasteiger partial charge in [0.1, 0.15) is 12.4 Å². The normalized spacial score (nSPS) is 10.3. The first-order valence-corrected chi connectivity index (χ1v) is 6.10. The Balaban J connectivity index is 1.69. The molecule has 0 N–H and O–H groups in total. The van der Waals surface area contributed by atoms with Crippen LogP contribution >= 0.6 is 0 Å². The highest BCUT2D eigenvalue weighted by Gasteiger charge is 2.00. The highest BCUT2D eigenvalue weighted by atomic mass is 16.5. The topological polar surface area (TPSA) is 35.3 Å². The van der Waals surface area contributed by atoms with Crippen LogP contribution in [0, 0.1) is 0 Å². The molecule has 0 radical (unpaired) electrons. The van der Waals surface area contributed by atoms with E-state index in [4.69, 9.17) is 9.26 Å². The Hall–Kier alpha value is -2.55. The van der Waals surface area contributed by atoms with Gasteiger partial charge in [0.05, 0.1) is 6.20 Å². The predicted octanol–water partition coefficient (Wildman–Crippen LogP) is 3.92. The zero-order valence-electron chi connectivity index (χ0n) is 10.3. The molecule has 3 heteroatoms. The van der Waals surface area contributed by atoms with E-state index < -0.39 is 0 Å². The van der Waals surface area contributed by atoms with E-state index in [9.17, 15) is 0 Å². The molecule has 3 rings (SSSR count). The Bertz CT molecular complexity index is 616. The van der Waals surface area contributed by atoms with Gasteiger partial charge in [-0.05, 0) is 23.3 Å². The Labute approximate surface area is 111 Å². The van der Waals surface area contributed by atoms with Crippen molar-refractivity contribution in [3.8, 4) is 16.9 Å². The van der Waals surface area contributed by atoms with Gasteiger partial charge >= 0.3 is 0 Å². The van der Waals surface area contributed by atoms with Gasteiger partial charge < -0.3 is 9.26 Å². The van der Waals surface area contributed by atoms with Crippen LogP contribution in [-0.4, -0.2) is 5.16 Å². The molecule has 0 atom stereocenters. The lowest BCUT2D eigenvalue weighted by molar-refractivity contribution is 0.249. The maximum Gasteiger partial charge on any atom is 0.174 e. The SMILES string of the molecule is c1ccc(-c2ccc(OCc3ccno3)cc2)cc1. The zero-order chi connectivity index (χ0) is 12.9. The van der Waals surface area contributed by atoms with Crippen LogP contribution in [0.25, 0.3) is 11.1 Å². The van der Waals surface area contributed by atoms with Gasteiger partial charge in [-0.2, -0.15) is 0 Å². The molecule has 2 aromatic carbocycles. The predicted molar refractivity (Wildman–Crippen MR) is 72.7 cm³/mol. The number of nitrogens with zero attached hydrogens (tertiary/aromatic N) is 1. The molecular formula is C16H13NO2. The maximum atomic E-state index is 5.61. The lowest BCUT2D eigenvalue weighted by atomic mass is 10.1. The second-order valence-electron chi connectivity index (χ2n) is 4.16. The van der Waals surface area contributed by atoms with E-state index in [1.807, 2.05) is 42.5 Å². The van der Waals surface area contributed by atoms with Gasteiger partial charge in [-0.15, -0.1) is 0 Å². The number of rotatable bonds is 4. The molecule has 0 bridgehead atoms. The molecule has 0 fully saturated rings. The van der Waals surface area contributed by atoms with Crippen LogP contribution in [-0.2, 0) is 6.61 Å².